The molecule has 0 radical (unpaired) electrons. The van der Waals surface area contributed by atoms with Crippen LogP contribution in [0.15, 0.2) is 42.5 Å². The molecule has 0 saturated heterocycles. The number of hydrogen-bond donors (Lipinski definition) is 1. The number of amides is 2. The van der Waals surface area contributed by atoms with Gasteiger partial charge in [-0.3, -0.25) is 0 Å². The number of carbonyl (C=O) groups excluding carboxylic acids is 1. The fraction of sp³-hybridized carbons (Fsp3) is 0.200. The lowest BCUT2D eigenvalue weighted by atomic mass is 10.3. The number of pyridine rings is 1. The molecule has 0 aliphatic rings. The van der Waals surface area contributed by atoms with Gasteiger partial charge in [-0.2, -0.15) is 0 Å². The molecule has 0 bridgehead atoms. The van der Waals surface area contributed by atoms with Gasteiger partial charge in [-0.1, -0.05) is 6.07 Å². The van der Waals surface area contributed by atoms with E-state index in [1.54, 1.807) is 44.4 Å². The summed E-state index contributed by atoms with van der Waals surface area (Å²) in [5.41, 5.74) is 1.62. The number of aromatic nitrogens is 1. The minimum Gasteiger partial charge on any atom is -0.439 e. The molecular formula is C15H17N3O2. The molecule has 1 N–H and O–H groups in total. The molecule has 0 aliphatic heterocycles. The van der Waals surface area contributed by atoms with Crippen LogP contribution in [0.3, 0.4) is 0 Å². The third-order valence-electron chi connectivity index (χ3n) is 2.60. The summed E-state index contributed by atoms with van der Waals surface area (Å²) in [6.07, 6.45) is 0. The highest BCUT2D eigenvalue weighted by Gasteiger charge is 2.04. The summed E-state index contributed by atoms with van der Waals surface area (Å²) >= 11 is 0. The molecule has 2 amide bonds. The van der Waals surface area contributed by atoms with Crippen molar-refractivity contribution in [2.75, 3.05) is 19.4 Å². The van der Waals surface area contributed by atoms with Crippen molar-refractivity contribution in [1.29, 1.82) is 0 Å². The number of benzene rings is 1. The van der Waals surface area contributed by atoms with Crippen LogP contribution in [0, 0.1) is 6.92 Å². The Morgan fingerprint density at radius 3 is 2.45 bits per heavy atom. The third kappa shape index (κ3) is 3.71. The molecule has 1 aromatic carbocycles. The highest BCUT2D eigenvalue weighted by atomic mass is 16.5. The topological polar surface area (TPSA) is 54.5 Å². The molecule has 0 aliphatic carbocycles. The van der Waals surface area contributed by atoms with Crippen molar-refractivity contribution in [3.05, 3.63) is 48.2 Å². The van der Waals surface area contributed by atoms with Crippen LogP contribution < -0.4 is 10.1 Å². The highest BCUT2D eigenvalue weighted by Crippen LogP contribution is 2.21. The van der Waals surface area contributed by atoms with E-state index in [9.17, 15) is 4.79 Å². The maximum atomic E-state index is 11.5. The van der Waals surface area contributed by atoms with Crippen LogP contribution in [-0.2, 0) is 0 Å². The first-order valence-electron chi connectivity index (χ1n) is 6.24. The van der Waals surface area contributed by atoms with Gasteiger partial charge < -0.3 is 15.0 Å². The maximum Gasteiger partial charge on any atom is 0.321 e. The van der Waals surface area contributed by atoms with Crippen LogP contribution in [0.4, 0.5) is 10.5 Å². The molecular weight excluding hydrogens is 254 g/mol. The van der Waals surface area contributed by atoms with Gasteiger partial charge in [0.25, 0.3) is 0 Å². The summed E-state index contributed by atoms with van der Waals surface area (Å²) in [4.78, 5) is 17.2. The van der Waals surface area contributed by atoms with Crippen molar-refractivity contribution in [3.8, 4) is 11.6 Å². The number of rotatable bonds is 3. The lowest BCUT2D eigenvalue weighted by Gasteiger charge is -2.12. The van der Waals surface area contributed by atoms with Crippen molar-refractivity contribution < 1.29 is 9.53 Å². The van der Waals surface area contributed by atoms with Gasteiger partial charge in [0.1, 0.15) is 5.75 Å². The Hall–Kier alpha value is -2.56. The van der Waals surface area contributed by atoms with Gasteiger partial charge in [-0.05, 0) is 37.3 Å². The summed E-state index contributed by atoms with van der Waals surface area (Å²) in [5.74, 6) is 1.22. The van der Waals surface area contributed by atoms with Gasteiger partial charge in [0.2, 0.25) is 5.88 Å². The molecule has 0 saturated carbocycles. The molecule has 5 heteroatoms. The van der Waals surface area contributed by atoms with E-state index in [2.05, 4.69) is 10.3 Å². The summed E-state index contributed by atoms with van der Waals surface area (Å²) in [5, 5.41) is 2.76. The fourth-order valence-electron chi connectivity index (χ4n) is 1.54. The van der Waals surface area contributed by atoms with Gasteiger partial charge in [0, 0.05) is 31.5 Å². The summed E-state index contributed by atoms with van der Waals surface area (Å²) < 4.78 is 5.63. The van der Waals surface area contributed by atoms with Crippen molar-refractivity contribution in [2.45, 2.75) is 6.92 Å². The summed E-state index contributed by atoms with van der Waals surface area (Å²) in [6, 6.07) is 12.6. The van der Waals surface area contributed by atoms with Crippen LogP contribution in [0.1, 0.15) is 5.69 Å². The molecule has 20 heavy (non-hydrogen) atoms. The van der Waals surface area contributed by atoms with E-state index in [1.165, 1.54) is 4.90 Å². The van der Waals surface area contributed by atoms with Crippen molar-refractivity contribution >= 4 is 11.7 Å². The minimum absolute atomic E-state index is 0.168. The number of anilines is 1. The normalized spacial score (nSPS) is 9.95. The number of aryl methyl sites for hydroxylation is 1. The fourth-order valence-corrected chi connectivity index (χ4v) is 1.54. The lowest BCUT2D eigenvalue weighted by Crippen LogP contribution is -2.27. The van der Waals surface area contributed by atoms with E-state index in [-0.39, 0.29) is 6.03 Å². The number of nitrogens with zero attached hydrogens (tertiary/aromatic N) is 2. The van der Waals surface area contributed by atoms with Gasteiger partial charge in [0.15, 0.2) is 0 Å². The van der Waals surface area contributed by atoms with E-state index < -0.39 is 0 Å². The van der Waals surface area contributed by atoms with Gasteiger partial charge in [-0.25, -0.2) is 9.78 Å². The molecule has 2 rings (SSSR count). The van der Waals surface area contributed by atoms with E-state index in [1.807, 2.05) is 19.1 Å². The van der Waals surface area contributed by atoms with Crippen LogP contribution in [0.2, 0.25) is 0 Å². The number of urea groups is 1. The molecule has 5 nitrogen and oxygen atoms in total. The monoisotopic (exact) mass is 271 g/mol. The Labute approximate surface area is 118 Å². The molecule has 104 valence electrons. The first-order chi connectivity index (χ1) is 9.54. The van der Waals surface area contributed by atoms with Crippen molar-refractivity contribution in [3.63, 3.8) is 0 Å². The zero-order valence-corrected chi connectivity index (χ0v) is 11.8. The van der Waals surface area contributed by atoms with Crippen molar-refractivity contribution in [2.24, 2.45) is 0 Å². The summed E-state index contributed by atoms with van der Waals surface area (Å²) in [7, 11) is 3.38. The number of ether oxygens (including phenoxy) is 1. The second kappa shape index (κ2) is 6.06. The second-order valence-corrected chi connectivity index (χ2v) is 4.57. The summed E-state index contributed by atoms with van der Waals surface area (Å²) in [6.45, 7) is 1.91. The average Bonchev–Trinajstić information content (AvgIpc) is 2.41. The third-order valence-corrected chi connectivity index (χ3v) is 2.60. The van der Waals surface area contributed by atoms with Crippen LogP contribution >= 0.6 is 0 Å². The Morgan fingerprint density at radius 2 is 1.85 bits per heavy atom. The molecule has 1 aromatic heterocycles. The first-order valence-corrected chi connectivity index (χ1v) is 6.24. The molecule has 0 atom stereocenters. The molecule has 0 spiro atoms. The van der Waals surface area contributed by atoms with Crippen LogP contribution in [-0.4, -0.2) is 30.0 Å². The highest BCUT2D eigenvalue weighted by molar-refractivity contribution is 5.88. The van der Waals surface area contributed by atoms with E-state index in [4.69, 9.17) is 4.74 Å². The largest absolute Gasteiger partial charge is 0.439 e. The standard InChI is InChI=1S/C15H17N3O2/c1-11-5-4-6-14(16-11)20-13-9-7-12(8-10-13)17-15(19)18(2)3/h4-10H,1-3H3,(H,17,19). The first kappa shape index (κ1) is 13.9. The predicted octanol–water partition coefficient (Wildman–Crippen LogP) is 3.28. The number of nitrogens with one attached hydrogen (secondary N) is 1. The van der Waals surface area contributed by atoms with Crippen molar-refractivity contribution in [1.82, 2.24) is 9.88 Å². The molecule has 1 heterocycles. The van der Waals surface area contributed by atoms with E-state index in [0.717, 1.165) is 5.69 Å². The zero-order chi connectivity index (χ0) is 14.5. The second-order valence-electron chi connectivity index (χ2n) is 4.57. The van der Waals surface area contributed by atoms with Crippen LogP contribution in [0.25, 0.3) is 0 Å². The Kier molecular flexibility index (Phi) is 4.20. The van der Waals surface area contributed by atoms with E-state index >= 15 is 0 Å². The minimum atomic E-state index is -0.168. The van der Waals surface area contributed by atoms with Gasteiger partial charge >= 0.3 is 6.03 Å². The van der Waals surface area contributed by atoms with Crippen LogP contribution in [0.5, 0.6) is 11.6 Å². The smallest absolute Gasteiger partial charge is 0.321 e. The zero-order valence-electron chi connectivity index (χ0n) is 11.8. The molecule has 0 fully saturated rings. The molecule has 2 aromatic rings. The lowest BCUT2D eigenvalue weighted by molar-refractivity contribution is 0.230. The van der Waals surface area contributed by atoms with Gasteiger partial charge in [0.05, 0.1) is 0 Å². The Balaban J connectivity index is 2.03. The number of hydrogen-bond acceptors (Lipinski definition) is 3. The number of carbonyl (C=O) groups is 1. The Bertz CT molecular complexity index is 594. The maximum absolute atomic E-state index is 11.5. The SMILES string of the molecule is Cc1cccc(Oc2ccc(NC(=O)N(C)C)cc2)n1. The molecule has 0 unspecified atom stereocenters. The van der Waals surface area contributed by atoms with E-state index in [0.29, 0.717) is 17.3 Å². The average molecular weight is 271 g/mol. The predicted molar refractivity (Wildman–Crippen MR) is 78.2 cm³/mol. The van der Waals surface area contributed by atoms with Gasteiger partial charge in [-0.15, -0.1) is 0 Å². The Morgan fingerprint density at radius 1 is 1.15 bits per heavy atom. The quantitative estimate of drug-likeness (QED) is 0.932.